The average Bonchev–Trinajstić information content (AvgIpc) is 2.62. The quantitative estimate of drug-likeness (QED) is 0.787. The first kappa shape index (κ1) is 18.8. The van der Waals surface area contributed by atoms with Crippen molar-refractivity contribution in [2.75, 3.05) is 18.5 Å². The van der Waals surface area contributed by atoms with Crippen molar-refractivity contribution >= 4 is 11.7 Å². The Bertz CT molecular complexity index is 689. The Balaban J connectivity index is 2.17. The van der Waals surface area contributed by atoms with Gasteiger partial charge >= 0.3 is 6.03 Å². The van der Waals surface area contributed by atoms with Gasteiger partial charge in [-0.25, -0.2) is 4.79 Å². The highest BCUT2D eigenvalue weighted by atomic mass is 16.5. The van der Waals surface area contributed by atoms with Crippen LogP contribution in [0.25, 0.3) is 0 Å². The van der Waals surface area contributed by atoms with Crippen molar-refractivity contribution in [2.45, 2.75) is 40.2 Å². The maximum Gasteiger partial charge on any atom is 0.322 e. The second-order valence-corrected chi connectivity index (χ2v) is 5.83. The molecular formula is C20H27N3O2. The minimum absolute atomic E-state index is 0.0241. The zero-order chi connectivity index (χ0) is 18.2. The van der Waals surface area contributed by atoms with E-state index < -0.39 is 0 Å². The van der Waals surface area contributed by atoms with Crippen LogP contribution in [0.4, 0.5) is 10.5 Å². The Morgan fingerprint density at radius 1 is 1.20 bits per heavy atom. The van der Waals surface area contributed by atoms with E-state index in [1.54, 1.807) is 12.4 Å². The van der Waals surface area contributed by atoms with Crippen molar-refractivity contribution < 1.29 is 9.53 Å². The molecule has 134 valence electrons. The number of benzene rings is 1. The summed E-state index contributed by atoms with van der Waals surface area (Å²) in [6.45, 7) is 9.25. The molecule has 0 saturated carbocycles. The SMILES string of the molecule is CCOc1ccc(NC(=O)N(CC)C(CC)c2ccncc2)c(C)c1. The lowest BCUT2D eigenvalue weighted by molar-refractivity contribution is 0.190. The van der Waals surface area contributed by atoms with E-state index in [1.165, 1.54) is 0 Å². The Hall–Kier alpha value is -2.56. The normalized spacial score (nSPS) is 11.7. The maximum absolute atomic E-state index is 12.8. The smallest absolute Gasteiger partial charge is 0.322 e. The lowest BCUT2D eigenvalue weighted by Crippen LogP contribution is -2.38. The molecule has 5 heteroatoms. The van der Waals surface area contributed by atoms with Gasteiger partial charge in [0.05, 0.1) is 12.6 Å². The monoisotopic (exact) mass is 341 g/mol. The van der Waals surface area contributed by atoms with E-state index in [4.69, 9.17) is 4.74 Å². The Morgan fingerprint density at radius 2 is 1.92 bits per heavy atom. The molecule has 2 aromatic rings. The van der Waals surface area contributed by atoms with Gasteiger partial charge in [-0.3, -0.25) is 4.98 Å². The molecule has 1 N–H and O–H groups in total. The lowest BCUT2D eigenvalue weighted by atomic mass is 10.0. The van der Waals surface area contributed by atoms with Crippen molar-refractivity contribution in [1.29, 1.82) is 0 Å². The van der Waals surface area contributed by atoms with Crippen LogP contribution in [0.2, 0.25) is 0 Å². The number of pyridine rings is 1. The number of hydrogen-bond donors (Lipinski definition) is 1. The summed E-state index contributed by atoms with van der Waals surface area (Å²) in [5, 5.41) is 3.03. The third-order valence-corrected chi connectivity index (χ3v) is 4.21. The fourth-order valence-electron chi connectivity index (χ4n) is 2.95. The number of carbonyl (C=O) groups is 1. The summed E-state index contributed by atoms with van der Waals surface area (Å²) in [4.78, 5) is 18.8. The molecule has 1 atom stereocenters. The fraction of sp³-hybridized carbons (Fsp3) is 0.400. The van der Waals surface area contributed by atoms with Crippen LogP contribution in [-0.2, 0) is 0 Å². The van der Waals surface area contributed by atoms with Gasteiger partial charge in [-0.1, -0.05) is 6.92 Å². The summed E-state index contributed by atoms with van der Waals surface area (Å²) in [5.74, 6) is 0.813. The minimum Gasteiger partial charge on any atom is -0.494 e. The molecule has 0 fully saturated rings. The minimum atomic E-state index is -0.0987. The van der Waals surface area contributed by atoms with Crippen LogP contribution >= 0.6 is 0 Å². The van der Waals surface area contributed by atoms with Gasteiger partial charge in [0.15, 0.2) is 0 Å². The first-order valence-corrected chi connectivity index (χ1v) is 8.81. The van der Waals surface area contributed by atoms with E-state index in [0.29, 0.717) is 13.2 Å². The van der Waals surface area contributed by atoms with Crippen LogP contribution < -0.4 is 10.1 Å². The van der Waals surface area contributed by atoms with E-state index >= 15 is 0 Å². The molecule has 25 heavy (non-hydrogen) atoms. The number of amides is 2. The Labute approximate surface area is 150 Å². The van der Waals surface area contributed by atoms with Gasteiger partial charge in [0.25, 0.3) is 0 Å². The van der Waals surface area contributed by atoms with Crippen molar-refractivity contribution in [3.05, 3.63) is 53.9 Å². The van der Waals surface area contributed by atoms with Crippen molar-refractivity contribution in [3.8, 4) is 5.75 Å². The Kier molecular flexibility index (Phi) is 6.81. The number of aryl methyl sites for hydroxylation is 1. The van der Waals surface area contributed by atoms with E-state index in [-0.39, 0.29) is 12.1 Å². The van der Waals surface area contributed by atoms with Gasteiger partial charge in [-0.2, -0.15) is 0 Å². The number of nitrogens with one attached hydrogen (secondary N) is 1. The highest BCUT2D eigenvalue weighted by Gasteiger charge is 2.22. The van der Waals surface area contributed by atoms with Crippen LogP contribution in [0.3, 0.4) is 0 Å². The Morgan fingerprint density at radius 3 is 2.48 bits per heavy atom. The molecule has 0 saturated heterocycles. The van der Waals surface area contributed by atoms with Crippen molar-refractivity contribution in [1.82, 2.24) is 9.88 Å². The number of hydrogen-bond acceptors (Lipinski definition) is 3. The molecule has 0 aliphatic heterocycles. The summed E-state index contributed by atoms with van der Waals surface area (Å²) in [7, 11) is 0. The molecule has 0 aliphatic carbocycles. The number of aromatic nitrogens is 1. The van der Waals surface area contributed by atoms with Crippen LogP contribution in [0.5, 0.6) is 5.75 Å². The molecule has 0 aliphatic rings. The van der Waals surface area contributed by atoms with Crippen LogP contribution in [-0.4, -0.2) is 29.1 Å². The molecule has 2 amide bonds. The van der Waals surface area contributed by atoms with Gasteiger partial charge in [0, 0.05) is 24.6 Å². The predicted molar refractivity (Wildman–Crippen MR) is 101 cm³/mol. The maximum atomic E-state index is 12.8. The second kappa shape index (κ2) is 9.06. The van der Waals surface area contributed by atoms with Crippen LogP contribution in [0, 0.1) is 6.92 Å². The third kappa shape index (κ3) is 4.72. The van der Waals surface area contributed by atoms with Gasteiger partial charge in [-0.05, 0) is 68.7 Å². The number of anilines is 1. The molecule has 1 unspecified atom stereocenters. The van der Waals surface area contributed by atoms with Gasteiger partial charge < -0.3 is 15.0 Å². The number of urea groups is 1. The summed E-state index contributed by atoms with van der Waals surface area (Å²) in [6, 6.07) is 9.56. The van der Waals surface area contributed by atoms with Gasteiger partial charge in [-0.15, -0.1) is 0 Å². The van der Waals surface area contributed by atoms with Crippen LogP contribution in [0.15, 0.2) is 42.7 Å². The second-order valence-electron chi connectivity index (χ2n) is 5.83. The standard InChI is InChI=1S/C20H27N3O2/c1-5-19(16-10-12-21-13-11-16)23(6-2)20(24)22-18-9-8-17(25-7-3)14-15(18)4/h8-14,19H,5-7H2,1-4H3,(H,22,24). The average molecular weight is 341 g/mol. The van der Waals surface area contributed by atoms with Crippen molar-refractivity contribution in [3.63, 3.8) is 0 Å². The summed E-state index contributed by atoms with van der Waals surface area (Å²) < 4.78 is 5.50. The van der Waals surface area contributed by atoms with E-state index in [1.807, 2.05) is 56.0 Å². The number of ether oxygens (including phenoxy) is 1. The molecule has 0 radical (unpaired) electrons. The van der Waals surface area contributed by atoms with Crippen LogP contribution in [0.1, 0.15) is 44.4 Å². The molecular weight excluding hydrogens is 314 g/mol. The number of nitrogens with zero attached hydrogens (tertiary/aromatic N) is 2. The predicted octanol–water partition coefficient (Wildman–Crippen LogP) is 4.79. The molecule has 1 aromatic carbocycles. The van der Waals surface area contributed by atoms with Gasteiger partial charge in [0.1, 0.15) is 5.75 Å². The van der Waals surface area contributed by atoms with Crippen molar-refractivity contribution in [2.24, 2.45) is 0 Å². The molecule has 2 rings (SSSR count). The lowest BCUT2D eigenvalue weighted by Gasteiger charge is -2.30. The highest BCUT2D eigenvalue weighted by Crippen LogP contribution is 2.26. The number of rotatable bonds is 7. The first-order valence-electron chi connectivity index (χ1n) is 8.81. The third-order valence-electron chi connectivity index (χ3n) is 4.21. The van der Waals surface area contributed by atoms with E-state index in [9.17, 15) is 4.79 Å². The molecule has 1 aromatic heterocycles. The van der Waals surface area contributed by atoms with E-state index in [0.717, 1.165) is 29.0 Å². The topological polar surface area (TPSA) is 54.5 Å². The first-order chi connectivity index (χ1) is 12.1. The summed E-state index contributed by atoms with van der Waals surface area (Å²) in [5.41, 5.74) is 2.88. The molecule has 1 heterocycles. The summed E-state index contributed by atoms with van der Waals surface area (Å²) >= 11 is 0. The largest absolute Gasteiger partial charge is 0.494 e. The number of carbonyl (C=O) groups excluding carboxylic acids is 1. The zero-order valence-electron chi connectivity index (χ0n) is 15.5. The molecule has 0 spiro atoms. The molecule has 0 bridgehead atoms. The summed E-state index contributed by atoms with van der Waals surface area (Å²) in [6.07, 6.45) is 4.37. The van der Waals surface area contributed by atoms with E-state index in [2.05, 4.69) is 17.2 Å². The zero-order valence-corrected chi connectivity index (χ0v) is 15.5. The molecule has 5 nitrogen and oxygen atoms in total. The van der Waals surface area contributed by atoms with Gasteiger partial charge in [0.2, 0.25) is 0 Å². The fourth-order valence-corrected chi connectivity index (χ4v) is 2.95. The highest BCUT2D eigenvalue weighted by molar-refractivity contribution is 5.90.